The molecule has 32 heavy (non-hydrogen) atoms. The van der Waals surface area contributed by atoms with E-state index in [1.807, 2.05) is 53.6 Å². The van der Waals surface area contributed by atoms with Gasteiger partial charge in [0.1, 0.15) is 5.75 Å². The Bertz CT molecular complexity index is 1290. The molecular weight excluding hydrogens is 424 g/mol. The van der Waals surface area contributed by atoms with Crippen molar-refractivity contribution in [2.45, 2.75) is 19.3 Å². The van der Waals surface area contributed by atoms with Crippen molar-refractivity contribution < 1.29 is 14.3 Å². The Morgan fingerprint density at radius 1 is 1.22 bits per heavy atom. The van der Waals surface area contributed by atoms with Crippen LogP contribution in [0.2, 0.25) is 0 Å². The number of likely N-dealkylation sites (tertiary alicyclic amines) is 1. The SMILES string of the molecule is COc1ccc(-c2cn3c(n2)sc2cc(C(=O)NCCCN4CCCC4=O)ccc23)cc1. The van der Waals surface area contributed by atoms with Crippen LogP contribution in [0.15, 0.2) is 48.7 Å². The summed E-state index contributed by atoms with van der Waals surface area (Å²) in [4.78, 5) is 31.8. The smallest absolute Gasteiger partial charge is 0.251 e. The highest BCUT2D eigenvalue weighted by atomic mass is 32.1. The number of hydrogen-bond acceptors (Lipinski definition) is 5. The minimum Gasteiger partial charge on any atom is -0.497 e. The van der Waals surface area contributed by atoms with Crippen molar-refractivity contribution in [3.63, 3.8) is 0 Å². The summed E-state index contributed by atoms with van der Waals surface area (Å²) in [5, 5.41) is 2.97. The second-order valence-corrected chi connectivity index (χ2v) is 8.89. The van der Waals surface area contributed by atoms with Gasteiger partial charge in [-0.15, -0.1) is 0 Å². The van der Waals surface area contributed by atoms with E-state index in [0.29, 0.717) is 25.1 Å². The Labute approximate surface area is 189 Å². The summed E-state index contributed by atoms with van der Waals surface area (Å²) in [6, 6.07) is 13.6. The van der Waals surface area contributed by atoms with Crippen LogP contribution in [-0.2, 0) is 4.79 Å². The number of fused-ring (bicyclic) bond motifs is 3. The molecule has 0 saturated carbocycles. The van der Waals surface area contributed by atoms with Crippen LogP contribution in [0.1, 0.15) is 29.6 Å². The van der Waals surface area contributed by atoms with Crippen LogP contribution in [0.5, 0.6) is 5.75 Å². The maximum absolute atomic E-state index is 12.6. The summed E-state index contributed by atoms with van der Waals surface area (Å²) in [5.41, 5.74) is 3.59. The van der Waals surface area contributed by atoms with Crippen LogP contribution >= 0.6 is 11.3 Å². The summed E-state index contributed by atoms with van der Waals surface area (Å²) in [5.74, 6) is 0.944. The van der Waals surface area contributed by atoms with Gasteiger partial charge in [-0.3, -0.25) is 14.0 Å². The average molecular weight is 449 g/mol. The lowest BCUT2D eigenvalue weighted by atomic mass is 10.1. The molecule has 3 heterocycles. The minimum absolute atomic E-state index is 0.0930. The first-order valence-electron chi connectivity index (χ1n) is 10.7. The van der Waals surface area contributed by atoms with Gasteiger partial charge in [0.15, 0.2) is 4.96 Å². The van der Waals surface area contributed by atoms with Crippen LogP contribution < -0.4 is 10.1 Å². The predicted octanol–water partition coefficient (Wildman–Crippen LogP) is 3.97. The number of methoxy groups -OCH3 is 1. The molecule has 0 unspecified atom stereocenters. The molecule has 2 aromatic carbocycles. The summed E-state index contributed by atoms with van der Waals surface area (Å²) in [7, 11) is 1.65. The zero-order valence-corrected chi connectivity index (χ0v) is 18.7. The van der Waals surface area contributed by atoms with E-state index in [2.05, 4.69) is 9.72 Å². The van der Waals surface area contributed by atoms with Gasteiger partial charge in [-0.05, 0) is 55.3 Å². The third-order valence-electron chi connectivity index (χ3n) is 5.80. The molecule has 1 N–H and O–H groups in total. The number of nitrogens with zero attached hydrogens (tertiary/aromatic N) is 3. The van der Waals surface area contributed by atoms with Crippen LogP contribution in [0, 0.1) is 0 Å². The van der Waals surface area contributed by atoms with E-state index in [-0.39, 0.29) is 11.8 Å². The van der Waals surface area contributed by atoms with Gasteiger partial charge < -0.3 is 15.0 Å². The Balaban J connectivity index is 1.27. The van der Waals surface area contributed by atoms with Crippen molar-refractivity contribution in [2.75, 3.05) is 26.7 Å². The fourth-order valence-corrected chi connectivity index (χ4v) is 5.10. The lowest BCUT2D eigenvalue weighted by Gasteiger charge is -2.15. The molecule has 1 saturated heterocycles. The number of aromatic nitrogens is 2. The number of hydrogen-bond donors (Lipinski definition) is 1. The molecule has 0 spiro atoms. The standard InChI is InChI=1S/C24H24N4O3S/c1-31-18-8-5-16(6-9-18)19-15-28-20-10-7-17(14-21(20)32-24(28)26-19)23(30)25-11-3-13-27-12-2-4-22(27)29/h5-10,14-15H,2-4,11-13H2,1H3,(H,25,30). The number of benzene rings is 2. The highest BCUT2D eigenvalue weighted by Crippen LogP contribution is 2.30. The first kappa shape index (κ1) is 20.5. The third-order valence-corrected chi connectivity index (χ3v) is 6.82. The van der Waals surface area contributed by atoms with Crippen molar-refractivity contribution in [1.82, 2.24) is 19.6 Å². The molecule has 8 heteroatoms. The molecule has 5 rings (SSSR count). The first-order chi connectivity index (χ1) is 15.6. The van der Waals surface area contributed by atoms with Gasteiger partial charge in [-0.1, -0.05) is 11.3 Å². The quantitative estimate of drug-likeness (QED) is 0.434. The maximum Gasteiger partial charge on any atom is 0.251 e. The van der Waals surface area contributed by atoms with E-state index in [4.69, 9.17) is 9.72 Å². The van der Waals surface area contributed by atoms with Gasteiger partial charge in [0.25, 0.3) is 5.91 Å². The molecule has 0 aliphatic carbocycles. The van der Waals surface area contributed by atoms with Crippen molar-refractivity contribution >= 4 is 38.3 Å². The van der Waals surface area contributed by atoms with E-state index in [1.165, 1.54) is 0 Å². The fraction of sp³-hybridized carbons (Fsp3) is 0.292. The molecule has 1 aliphatic rings. The molecule has 2 amide bonds. The normalized spacial score (nSPS) is 13.9. The van der Waals surface area contributed by atoms with Crippen molar-refractivity contribution in [2.24, 2.45) is 0 Å². The third kappa shape index (κ3) is 3.93. The van der Waals surface area contributed by atoms with Gasteiger partial charge in [-0.25, -0.2) is 4.98 Å². The molecule has 4 aromatic rings. The van der Waals surface area contributed by atoms with Crippen LogP contribution in [0.25, 0.3) is 26.4 Å². The Morgan fingerprint density at radius 3 is 2.81 bits per heavy atom. The minimum atomic E-state index is -0.0930. The van der Waals surface area contributed by atoms with Crippen LogP contribution in [0.4, 0.5) is 0 Å². The van der Waals surface area contributed by atoms with Crippen molar-refractivity contribution in [3.05, 3.63) is 54.2 Å². The largest absolute Gasteiger partial charge is 0.497 e. The summed E-state index contributed by atoms with van der Waals surface area (Å²) in [6.45, 7) is 2.10. The first-order valence-corrected chi connectivity index (χ1v) is 11.6. The molecule has 164 valence electrons. The summed E-state index contributed by atoms with van der Waals surface area (Å²) in [6.07, 6.45) is 4.38. The molecule has 0 atom stereocenters. The fourth-order valence-electron chi connectivity index (χ4n) is 4.06. The molecule has 1 aliphatic heterocycles. The molecular formula is C24H24N4O3S. The molecule has 7 nitrogen and oxygen atoms in total. The highest BCUT2D eigenvalue weighted by molar-refractivity contribution is 7.23. The lowest BCUT2D eigenvalue weighted by Crippen LogP contribution is -2.30. The summed E-state index contributed by atoms with van der Waals surface area (Å²) >= 11 is 1.56. The van der Waals surface area contributed by atoms with E-state index in [9.17, 15) is 9.59 Å². The van der Waals surface area contributed by atoms with Crippen molar-refractivity contribution in [3.8, 4) is 17.0 Å². The Kier molecular flexibility index (Phi) is 5.53. The lowest BCUT2D eigenvalue weighted by molar-refractivity contribution is -0.127. The van der Waals surface area contributed by atoms with Gasteiger partial charge >= 0.3 is 0 Å². The number of amides is 2. The maximum atomic E-state index is 12.6. The van der Waals surface area contributed by atoms with Crippen LogP contribution in [0.3, 0.4) is 0 Å². The molecule has 2 aromatic heterocycles. The zero-order chi connectivity index (χ0) is 22.1. The molecule has 0 radical (unpaired) electrons. The number of rotatable bonds is 7. The molecule has 1 fully saturated rings. The highest BCUT2D eigenvalue weighted by Gasteiger charge is 2.19. The number of imidazole rings is 1. The van der Waals surface area contributed by atoms with E-state index in [1.54, 1.807) is 18.4 Å². The van der Waals surface area contributed by atoms with Gasteiger partial charge in [0, 0.05) is 43.4 Å². The molecule has 0 bridgehead atoms. The van der Waals surface area contributed by atoms with E-state index < -0.39 is 0 Å². The number of thiazole rings is 1. The van der Waals surface area contributed by atoms with Gasteiger partial charge in [0.2, 0.25) is 5.91 Å². The zero-order valence-electron chi connectivity index (χ0n) is 17.8. The number of nitrogens with one attached hydrogen (secondary N) is 1. The number of ether oxygens (including phenoxy) is 1. The topological polar surface area (TPSA) is 75.9 Å². The van der Waals surface area contributed by atoms with E-state index >= 15 is 0 Å². The second-order valence-electron chi connectivity index (χ2n) is 7.89. The Hall–Kier alpha value is -3.39. The summed E-state index contributed by atoms with van der Waals surface area (Å²) < 4.78 is 8.31. The number of carbonyl (C=O) groups is 2. The van der Waals surface area contributed by atoms with Gasteiger partial charge in [0.05, 0.1) is 23.0 Å². The predicted molar refractivity (Wildman–Crippen MR) is 125 cm³/mol. The monoisotopic (exact) mass is 448 g/mol. The van der Waals surface area contributed by atoms with Crippen molar-refractivity contribution in [1.29, 1.82) is 0 Å². The van der Waals surface area contributed by atoms with Gasteiger partial charge in [-0.2, -0.15) is 0 Å². The number of carbonyl (C=O) groups excluding carboxylic acids is 2. The second kappa shape index (κ2) is 8.63. The van der Waals surface area contributed by atoms with Crippen LogP contribution in [-0.4, -0.2) is 52.8 Å². The van der Waals surface area contributed by atoms with E-state index in [0.717, 1.165) is 51.6 Å². The Morgan fingerprint density at radius 2 is 2.06 bits per heavy atom. The average Bonchev–Trinajstić information content (AvgIpc) is 3.50.